The molecule has 5 aromatic rings. The fourth-order valence-corrected chi connectivity index (χ4v) is 3.56. The van der Waals surface area contributed by atoms with Crippen LogP contribution in [0.25, 0.3) is 28.1 Å². The molecule has 0 aliphatic carbocycles. The molecule has 0 saturated carbocycles. The minimum absolute atomic E-state index is 0.128. The van der Waals surface area contributed by atoms with Crippen LogP contribution in [0.1, 0.15) is 17.0 Å². The van der Waals surface area contributed by atoms with Gasteiger partial charge in [0.25, 0.3) is 5.56 Å². The largest absolute Gasteiger partial charge is 0.337 e. The van der Waals surface area contributed by atoms with Gasteiger partial charge in [-0.2, -0.15) is 10.1 Å². The number of hydrogen-bond donors (Lipinski definition) is 0. The Hall–Kier alpha value is -3.59. The molecule has 8 nitrogen and oxygen atoms in total. The summed E-state index contributed by atoms with van der Waals surface area (Å²) >= 11 is 3.42. The molecule has 9 heteroatoms. The molecule has 0 aliphatic rings. The third-order valence-electron chi connectivity index (χ3n) is 5.16. The molecule has 0 fully saturated rings. The van der Waals surface area contributed by atoms with Gasteiger partial charge in [-0.3, -0.25) is 9.36 Å². The van der Waals surface area contributed by atoms with Crippen molar-refractivity contribution in [1.82, 2.24) is 29.5 Å². The van der Waals surface area contributed by atoms with Crippen molar-refractivity contribution in [3.8, 4) is 17.1 Å². The topological polar surface area (TPSA) is 91.6 Å². The van der Waals surface area contributed by atoms with E-state index in [0.29, 0.717) is 22.7 Å². The van der Waals surface area contributed by atoms with Gasteiger partial charge in [0.1, 0.15) is 18.3 Å². The van der Waals surface area contributed by atoms with Crippen LogP contribution in [0.4, 0.5) is 0 Å². The maximum absolute atomic E-state index is 13.0. The van der Waals surface area contributed by atoms with Crippen molar-refractivity contribution in [2.45, 2.75) is 20.4 Å². The summed E-state index contributed by atoms with van der Waals surface area (Å²) in [7, 11) is 0. The molecule has 154 valence electrons. The molecule has 3 heterocycles. The molecule has 5 rings (SSSR count). The van der Waals surface area contributed by atoms with Gasteiger partial charge in [0.2, 0.25) is 11.7 Å². The molecular weight excluding hydrogens is 460 g/mol. The first-order chi connectivity index (χ1) is 15.0. The fourth-order valence-electron chi connectivity index (χ4n) is 3.30. The SMILES string of the molecule is Cc1ccc(-c2noc(Cn3cnc4c(cnn4-c4ccc(Br)cc4)c3=O)n2)cc1C. The van der Waals surface area contributed by atoms with Crippen LogP contribution in [0.15, 0.2) is 68.8 Å². The van der Waals surface area contributed by atoms with Crippen LogP contribution >= 0.6 is 15.9 Å². The maximum Gasteiger partial charge on any atom is 0.264 e. The fraction of sp³-hybridized carbons (Fsp3) is 0.136. The summed E-state index contributed by atoms with van der Waals surface area (Å²) in [6.07, 6.45) is 3.00. The predicted molar refractivity (Wildman–Crippen MR) is 119 cm³/mol. The van der Waals surface area contributed by atoms with Crippen LogP contribution in [0.3, 0.4) is 0 Å². The molecule has 31 heavy (non-hydrogen) atoms. The van der Waals surface area contributed by atoms with Crippen molar-refractivity contribution < 1.29 is 4.52 Å². The Morgan fingerprint density at radius 3 is 2.65 bits per heavy atom. The number of aromatic nitrogens is 6. The highest BCUT2D eigenvalue weighted by Gasteiger charge is 2.15. The summed E-state index contributed by atoms with van der Waals surface area (Å²) in [4.78, 5) is 21.8. The Morgan fingerprint density at radius 2 is 1.87 bits per heavy atom. The molecule has 0 saturated heterocycles. The Kier molecular flexibility index (Phi) is 4.74. The summed E-state index contributed by atoms with van der Waals surface area (Å²) in [6.45, 7) is 4.22. The standard InChI is InChI=1S/C22H17BrN6O2/c1-13-3-4-15(9-14(13)2)20-26-19(31-27-20)11-28-12-24-21-18(22(28)30)10-25-29(21)17-7-5-16(23)6-8-17/h3-10,12H,11H2,1-2H3. The van der Waals surface area contributed by atoms with E-state index < -0.39 is 0 Å². The van der Waals surface area contributed by atoms with Crippen LogP contribution in [-0.4, -0.2) is 29.5 Å². The number of aryl methyl sites for hydroxylation is 2. The minimum atomic E-state index is -0.223. The Labute approximate surface area is 185 Å². The highest BCUT2D eigenvalue weighted by atomic mass is 79.9. The maximum atomic E-state index is 13.0. The normalized spacial score (nSPS) is 11.3. The monoisotopic (exact) mass is 476 g/mol. The summed E-state index contributed by atoms with van der Waals surface area (Å²) in [5, 5.41) is 8.81. The highest BCUT2D eigenvalue weighted by molar-refractivity contribution is 9.10. The van der Waals surface area contributed by atoms with E-state index in [9.17, 15) is 4.79 Å². The highest BCUT2D eigenvalue weighted by Crippen LogP contribution is 2.20. The van der Waals surface area contributed by atoms with E-state index in [0.717, 1.165) is 21.3 Å². The van der Waals surface area contributed by atoms with Gasteiger partial charge >= 0.3 is 0 Å². The van der Waals surface area contributed by atoms with E-state index in [2.05, 4.69) is 43.1 Å². The zero-order valence-electron chi connectivity index (χ0n) is 16.8. The number of halogens is 1. The number of fused-ring (bicyclic) bond motifs is 1. The summed E-state index contributed by atoms with van der Waals surface area (Å²) in [5.74, 6) is 0.819. The molecule has 0 unspecified atom stereocenters. The van der Waals surface area contributed by atoms with E-state index in [1.807, 2.05) is 49.4 Å². The Morgan fingerprint density at radius 1 is 1.06 bits per heavy atom. The van der Waals surface area contributed by atoms with Crippen molar-refractivity contribution in [2.24, 2.45) is 0 Å². The second-order valence-electron chi connectivity index (χ2n) is 7.26. The average Bonchev–Trinajstić information content (AvgIpc) is 3.40. The first-order valence-corrected chi connectivity index (χ1v) is 10.4. The summed E-state index contributed by atoms with van der Waals surface area (Å²) in [5.41, 5.74) is 4.30. The quantitative estimate of drug-likeness (QED) is 0.388. The second kappa shape index (κ2) is 7.59. The smallest absolute Gasteiger partial charge is 0.264 e. The molecule has 0 N–H and O–H groups in total. The minimum Gasteiger partial charge on any atom is -0.337 e. The van der Waals surface area contributed by atoms with Crippen LogP contribution in [0, 0.1) is 13.8 Å². The lowest BCUT2D eigenvalue weighted by atomic mass is 10.1. The van der Waals surface area contributed by atoms with Crippen LogP contribution in [0.5, 0.6) is 0 Å². The van der Waals surface area contributed by atoms with E-state index in [4.69, 9.17) is 4.52 Å². The summed E-state index contributed by atoms with van der Waals surface area (Å²) in [6, 6.07) is 13.6. The molecule has 2 aromatic carbocycles. The van der Waals surface area contributed by atoms with Crippen molar-refractivity contribution >= 4 is 27.0 Å². The summed E-state index contributed by atoms with van der Waals surface area (Å²) < 4.78 is 9.41. The number of nitrogens with zero attached hydrogens (tertiary/aromatic N) is 6. The molecule has 0 amide bonds. The first-order valence-electron chi connectivity index (χ1n) is 9.59. The molecule has 0 atom stereocenters. The van der Waals surface area contributed by atoms with Crippen molar-refractivity contribution in [1.29, 1.82) is 0 Å². The van der Waals surface area contributed by atoms with Crippen molar-refractivity contribution in [3.63, 3.8) is 0 Å². The molecule has 0 aliphatic heterocycles. The molecule has 0 spiro atoms. The van der Waals surface area contributed by atoms with E-state index in [1.54, 1.807) is 4.68 Å². The van der Waals surface area contributed by atoms with Gasteiger partial charge in [-0.15, -0.1) is 0 Å². The van der Waals surface area contributed by atoms with Crippen LogP contribution in [0.2, 0.25) is 0 Å². The number of rotatable bonds is 4. The lowest BCUT2D eigenvalue weighted by molar-refractivity contribution is 0.369. The Bertz CT molecular complexity index is 1470. The van der Waals surface area contributed by atoms with Gasteiger partial charge in [-0.25, -0.2) is 9.67 Å². The van der Waals surface area contributed by atoms with Crippen molar-refractivity contribution in [3.05, 3.63) is 86.8 Å². The van der Waals surface area contributed by atoms with Gasteiger partial charge in [0.15, 0.2) is 5.65 Å². The number of hydrogen-bond acceptors (Lipinski definition) is 6. The third-order valence-corrected chi connectivity index (χ3v) is 5.69. The van der Waals surface area contributed by atoms with E-state index in [-0.39, 0.29) is 12.1 Å². The Balaban J connectivity index is 1.46. The van der Waals surface area contributed by atoms with Gasteiger partial charge in [-0.1, -0.05) is 33.2 Å². The molecule has 0 radical (unpaired) electrons. The zero-order chi connectivity index (χ0) is 21.5. The first kappa shape index (κ1) is 19.4. The zero-order valence-corrected chi connectivity index (χ0v) is 18.4. The molecule has 3 aromatic heterocycles. The van der Waals surface area contributed by atoms with E-state index in [1.165, 1.54) is 22.7 Å². The molecule has 0 bridgehead atoms. The van der Waals surface area contributed by atoms with Gasteiger partial charge in [0, 0.05) is 10.0 Å². The lowest BCUT2D eigenvalue weighted by Gasteiger charge is -2.04. The predicted octanol–water partition coefficient (Wildman–Crippen LogP) is 4.06. The molecular formula is C22H17BrN6O2. The lowest BCUT2D eigenvalue weighted by Crippen LogP contribution is -2.21. The van der Waals surface area contributed by atoms with Crippen molar-refractivity contribution in [2.75, 3.05) is 0 Å². The van der Waals surface area contributed by atoms with Gasteiger partial charge in [0.05, 0.1) is 11.9 Å². The van der Waals surface area contributed by atoms with Crippen LogP contribution in [-0.2, 0) is 6.54 Å². The average molecular weight is 477 g/mol. The van der Waals surface area contributed by atoms with E-state index >= 15 is 0 Å². The van der Waals surface area contributed by atoms with Gasteiger partial charge in [-0.05, 0) is 55.3 Å². The third kappa shape index (κ3) is 3.57. The van der Waals surface area contributed by atoms with Crippen LogP contribution < -0.4 is 5.56 Å². The van der Waals surface area contributed by atoms with Gasteiger partial charge < -0.3 is 4.52 Å². The number of benzene rings is 2. The second-order valence-corrected chi connectivity index (χ2v) is 8.17.